The van der Waals surface area contributed by atoms with Gasteiger partial charge in [0.1, 0.15) is 0 Å². The summed E-state index contributed by atoms with van der Waals surface area (Å²) < 4.78 is 5.52. The number of ether oxygens (including phenoxy) is 1. The van der Waals surface area contributed by atoms with E-state index in [4.69, 9.17) is 4.74 Å². The van der Waals surface area contributed by atoms with Crippen LogP contribution >= 0.6 is 11.3 Å². The van der Waals surface area contributed by atoms with Crippen molar-refractivity contribution in [2.45, 2.75) is 26.3 Å². The first-order valence-electron chi connectivity index (χ1n) is 6.72. The lowest BCUT2D eigenvalue weighted by atomic mass is 10.0. The predicted molar refractivity (Wildman–Crippen MR) is 76.2 cm³/mol. The fourth-order valence-corrected chi connectivity index (χ4v) is 3.30. The number of nitrogens with zero attached hydrogens (tertiary/aromatic N) is 2. The Balaban J connectivity index is 1.76. The highest BCUT2D eigenvalue weighted by molar-refractivity contribution is 7.15. The first-order valence-corrected chi connectivity index (χ1v) is 7.54. The molecule has 1 aliphatic rings. The topological polar surface area (TPSA) is 37.4 Å². The van der Waals surface area contributed by atoms with Gasteiger partial charge in [-0.2, -0.15) is 0 Å². The van der Waals surface area contributed by atoms with Gasteiger partial charge < -0.3 is 15.0 Å². The zero-order valence-electron chi connectivity index (χ0n) is 11.3. The molecule has 1 saturated heterocycles. The SMILES string of the molecule is CCNc1ncc(CN(C)CC2CCCOC2)s1. The maximum absolute atomic E-state index is 5.52. The number of nitrogens with one attached hydrogen (secondary N) is 1. The number of hydrogen-bond acceptors (Lipinski definition) is 5. The molecule has 102 valence electrons. The van der Waals surface area contributed by atoms with Crippen LogP contribution in [0.5, 0.6) is 0 Å². The minimum Gasteiger partial charge on any atom is -0.381 e. The molecule has 18 heavy (non-hydrogen) atoms. The van der Waals surface area contributed by atoms with Crippen molar-refractivity contribution in [1.82, 2.24) is 9.88 Å². The number of aromatic nitrogens is 1. The van der Waals surface area contributed by atoms with Gasteiger partial charge in [-0.3, -0.25) is 0 Å². The molecule has 1 aromatic rings. The van der Waals surface area contributed by atoms with Crippen LogP contribution in [0.25, 0.3) is 0 Å². The van der Waals surface area contributed by atoms with E-state index in [9.17, 15) is 0 Å². The molecule has 0 aliphatic carbocycles. The van der Waals surface area contributed by atoms with Crippen molar-refractivity contribution in [3.63, 3.8) is 0 Å². The summed E-state index contributed by atoms with van der Waals surface area (Å²) in [5, 5.41) is 4.28. The Hall–Kier alpha value is -0.650. The molecule has 5 heteroatoms. The van der Waals surface area contributed by atoms with Crippen LogP contribution < -0.4 is 5.32 Å². The molecule has 0 radical (unpaired) electrons. The van der Waals surface area contributed by atoms with Gasteiger partial charge in [0.2, 0.25) is 0 Å². The van der Waals surface area contributed by atoms with E-state index in [1.165, 1.54) is 17.7 Å². The van der Waals surface area contributed by atoms with E-state index in [0.29, 0.717) is 5.92 Å². The number of rotatable bonds is 6. The second kappa shape index (κ2) is 7.07. The second-order valence-corrected chi connectivity index (χ2v) is 6.06. The van der Waals surface area contributed by atoms with Crippen molar-refractivity contribution < 1.29 is 4.74 Å². The third kappa shape index (κ3) is 4.23. The summed E-state index contributed by atoms with van der Waals surface area (Å²) in [6, 6.07) is 0. The first kappa shape index (κ1) is 13.8. The lowest BCUT2D eigenvalue weighted by Crippen LogP contribution is -2.30. The summed E-state index contributed by atoms with van der Waals surface area (Å²) in [4.78, 5) is 8.06. The molecule has 0 aromatic carbocycles. The van der Waals surface area contributed by atoms with Gasteiger partial charge in [-0.05, 0) is 32.7 Å². The fourth-order valence-electron chi connectivity index (χ4n) is 2.34. The minimum absolute atomic E-state index is 0.699. The van der Waals surface area contributed by atoms with Crippen molar-refractivity contribution in [2.24, 2.45) is 5.92 Å². The fraction of sp³-hybridized carbons (Fsp3) is 0.769. The van der Waals surface area contributed by atoms with Crippen LogP contribution in [0.2, 0.25) is 0 Å². The number of thiazole rings is 1. The van der Waals surface area contributed by atoms with Crippen LogP contribution in [0.1, 0.15) is 24.6 Å². The Morgan fingerprint density at radius 3 is 3.22 bits per heavy atom. The summed E-state index contributed by atoms with van der Waals surface area (Å²) in [5.41, 5.74) is 0. The second-order valence-electron chi connectivity index (χ2n) is 4.94. The molecule has 0 saturated carbocycles. The van der Waals surface area contributed by atoms with Crippen LogP contribution in [-0.2, 0) is 11.3 Å². The average molecular weight is 269 g/mol. The Morgan fingerprint density at radius 1 is 1.61 bits per heavy atom. The highest BCUT2D eigenvalue weighted by Gasteiger charge is 2.16. The highest BCUT2D eigenvalue weighted by atomic mass is 32.1. The molecule has 2 rings (SSSR count). The summed E-state index contributed by atoms with van der Waals surface area (Å²) in [6.07, 6.45) is 4.50. The molecule has 1 N–H and O–H groups in total. The van der Waals surface area contributed by atoms with Gasteiger partial charge >= 0.3 is 0 Å². The Morgan fingerprint density at radius 2 is 2.50 bits per heavy atom. The molecule has 0 spiro atoms. The van der Waals surface area contributed by atoms with Crippen molar-refractivity contribution in [3.8, 4) is 0 Å². The molecular formula is C13H23N3OS. The highest BCUT2D eigenvalue weighted by Crippen LogP contribution is 2.20. The molecule has 0 amide bonds. The van der Waals surface area contributed by atoms with Crippen LogP contribution in [0.15, 0.2) is 6.20 Å². The number of anilines is 1. The zero-order chi connectivity index (χ0) is 12.8. The quantitative estimate of drug-likeness (QED) is 0.860. The van der Waals surface area contributed by atoms with Gasteiger partial charge in [0.25, 0.3) is 0 Å². The first-order chi connectivity index (χ1) is 8.78. The van der Waals surface area contributed by atoms with E-state index in [0.717, 1.165) is 38.0 Å². The third-order valence-electron chi connectivity index (χ3n) is 3.13. The van der Waals surface area contributed by atoms with Crippen molar-refractivity contribution >= 4 is 16.5 Å². The van der Waals surface area contributed by atoms with Crippen LogP contribution in [0, 0.1) is 5.92 Å². The van der Waals surface area contributed by atoms with E-state index in [2.05, 4.69) is 29.2 Å². The van der Waals surface area contributed by atoms with Gasteiger partial charge in [0.15, 0.2) is 5.13 Å². The van der Waals surface area contributed by atoms with Gasteiger partial charge in [0, 0.05) is 37.3 Å². The summed E-state index contributed by atoms with van der Waals surface area (Å²) in [7, 11) is 2.18. The summed E-state index contributed by atoms with van der Waals surface area (Å²) in [5.74, 6) is 0.699. The van der Waals surface area contributed by atoms with Crippen molar-refractivity contribution in [3.05, 3.63) is 11.1 Å². The van der Waals surface area contributed by atoms with Crippen LogP contribution in [-0.4, -0.2) is 43.2 Å². The van der Waals surface area contributed by atoms with Gasteiger partial charge in [-0.15, -0.1) is 11.3 Å². The standard InChI is InChI=1S/C13H23N3OS/c1-3-14-13-15-7-12(18-13)9-16(2)8-11-5-4-6-17-10-11/h7,11H,3-6,8-10H2,1-2H3,(H,14,15). The average Bonchev–Trinajstić information content (AvgIpc) is 2.78. The predicted octanol–water partition coefficient (Wildman–Crippen LogP) is 2.43. The van der Waals surface area contributed by atoms with E-state index < -0.39 is 0 Å². The summed E-state index contributed by atoms with van der Waals surface area (Å²) in [6.45, 7) is 7.00. The monoisotopic (exact) mass is 269 g/mol. The normalized spacial score (nSPS) is 20.3. The van der Waals surface area contributed by atoms with Crippen LogP contribution in [0.4, 0.5) is 5.13 Å². The lowest BCUT2D eigenvalue weighted by Gasteiger charge is -2.26. The summed E-state index contributed by atoms with van der Waals surface area (Å²) >= 11 is 1.75. The van der Waals surface area contributed by atoms with Gasteiger partial charge in [0.05, 0.1) is 6.61 Å². The van der Waals surface area contributed by atoms with E-state index in [1.54, 1.807) is 11.3 Å². The minimum atomic E-state index is 0.699. The molecule has 1 atom stereocenters. The molecule has 0 bridgehead atoms. The maximum Gasteiger partial charge on any atom is 0.182 e. The molecule has 1 aliphatic heterocycles. The molecule has 2 heterocycles. The lowest BCUT2D eigenvalue weighted by molar-refractivity contribution is 0.0412. The smallest absolute Gasteiger partial charge is 0.182 e. The van der Waals surface area contributed by atoms with E-state index in [-0.39, 0.29) is 0 Å². The zero-order valence-corrected chi connectivity index (χ0v) is 12.1. The van der Waals surface area contributed by atoms with Crippen molar-refractivity contribution in [2.75, 3.05) is 38.7 Å². The van der Waals surface area contributed by atoms with E-state index >= 15 is 0 Å². The molecular weight excluding hydrogens is 246 g/mol. The van der Waals surface area contributed by atoms with Gasteiger partial charge in [-0.25, -0.2) is 4.98 Å². The van der Waals surface area contributed by atoms with Gasteiger partial charge in [-0.1, -0.05) is 0 Å². The molecule has 1 aromatic heterocycles. The largest absolute Gasteiger partial charge is 0.381 e. The number of hydrogen-bond donors (Lipinski definition) is 1. The maximum atomic E-state index is 5.52. The van der Waals surface area contributed by atoms with Crippen molar-refractivity contribution in [1.29, 1.82) is 0 Å². The Bertz CT molecular complexity index is 350. The van der Waals surface area contributed by atoms with E-state index in [1.807, 2.05) is 6.20 Å². The molecule has 1 unspecified atom stereocenters. The third-order valence-corrected chi connectivity index (χ3v) is 4.07. The molecule has 1 fully saturated rings. The molecule has 4 nitrogen and oxygen atoms in total. The van der Waals surface area contributed by atoms with Crippen LogP contribution in [0.3, 0.4) is 0 Å². The Labute approximate surface area is 113 Å². The Kier molecular flexibility index (Phi) is 5.41.